The van der Waals surface area contributed by atoms with Crippen molar-refractivity contribution in [3.05, 3.63) is 0 Å². The van der Waals surface area contributed by atoms with E-state index < -0.39 is 0 Å². The van der Waals surface area contributed by atoms with Crippen LogP contribution in [-0.4, -0.2) is 32.2 Å². The first-order chi connectivity index (χ1) is 9.83. The fraction of sp³-hybridized carbons (Fsp3) is 1.00. The lowest BCUT2D eigenvalue weighted by Gasteiger charge is -2.25. The largest absolute Gasteiger partial charge is 0.379 e. The van der Waals surface area contributed by atoms with Crippen LogP contribution in [0, 0.1) is 0 Å². The minimum Gasteiger partial charge on any atom is -0.379 e. The van der Waals surface area contributed by atoms with Crippen LogP contribution < -0.4 is 0 Å². The fourth-order valence-corrected chi connectivity index (χ4v) is 2.69. The van der Waals surface area contributed by atoms with Crippen molar-refractivity contribution in [1.29, 1.82) is 0 Å². The predicted octanol–water partition coefficient (Wildman–Crippen LogP) is 4.69. The van der Waals surface area contributed by atoms with Gasteiger partial charge < -0.3 is 14.2 Å². The highest BCUT2D eigenvalue weighted by Crippen LogP contribution is 2.21. The highest BCUT2D eigenvalue weighted by atomic mass is 16.7. The summed E-state index contributed by atoms with van der Waals surface area (Å²) in [5, 5.41) is 0. The van der Waals surface area contributed by atoms with Crippen molar-refractivity contribution >= 4 is 0 Å². The standard InChI is InChI=1S/C17H34O3/c1-3-4-5-6-10-13-18-14-15-19-16(2)20-17-11-8-7-9-12-17/h16-17H,3-15H2,1-2H3. The monoisotopic (exact) mass is 286 g/mol. The van der Waals surface area contributed by atoms with Crippen molar-refractivity contribution in [3.63, 3.8) is 0 Å². The molecule has 3 nitrogen and oxygen atoms in total. The SMILES string of the molecule is CCCCCCCOCCOC(C)OC1CCCCC1. The van der Waals surface area contributed by atoms with Crippen molar-refractivity contribution in [2.24, 2.45) is 0 Å². The Morgan fingerprint density at radius 3 is 2.40 bits per heavy atom. The lowest BCUT2D eigenvalue weighted by atomic mass is 9.98. The van der Waals surface area contributed by atoms with E-state index in [1.807, 2.05) is 6.92 Å². The number of rotatable bonds is 12. The van der Waals surface area contributed by atoms with Crippen LogP contribution in [0.2, 0.25) is 0 Å². The van der Waals surface area contributed by atoms with Crippen LogP contribution >= 0.6 is 0 Å². The lowest BCUT2D eigenvalue weighted by molar-refractivity contribution is -0.172. The molecule has 0 saturated heterocycles. The summed E-state index contributed by atoms with van der Waals surface area (Å²) in [7, 11) is 0. The molecule has 20 heavy (non-hydrogen) atoms. The Kier molecular flexibility index (Phi) is 11.3. The second-order valence-electron chi connectivity index (χ2n) is 5.86. The summed E-state index contributed by atoms with van der Waals surface area (Å²) in [5.41, 5.74) is 0. The van der Waals surface area contributed by atoms with Gasteiger partial charge in [0.15, 0.2) is 6.29 Å². The zero-order valence-corrected chi connectivity index (χ0v) is 13.6. The number of hydrogen-bond donors (Lipinski definition) is 0. The van der Waals surface area contributed by atoms with Crippen LogP contribution in [0.4, 0.5) is 0 Å². The first-order valence-electron chi connectivity index (χ1n) is 8.67. The Balaban J connectivity index is 1.83. The van der Waals surface area contributed by atoms with Gasteiger partial charge >= 0.3 is 0 Å². The molecule has 0 bridgehead atoms. The Labute approximate surface area is 125 Å². The third kappa shape index (κ3) is 9.73. The average molecular weight is 286 g/mol. The van der Waals surface area contributed by atoms with Crippen molar-refractivity contribution in [2.75, 3.05) is 19.8 Å². The minimum absolute atomic E-state index is 0.0914. The van der Waals surface area contributed by atoms with Crippen molar-refractivity contribution in [3.8, 4) is 0 Å². The molecule has 1 aliphatic rings. The van der Waals surface area contributed by atoms with Gasteiger partial charge in [-0.2, -0.15) is 0 Å². The molecule has 1 fully saturated rings. The molecule has 1 saturated carbocycles. The summed E-state index contributed by atoms with van der Waals surface area (Å²) in [6.45, 7) is 6.43. The van der Waals surface area contributed by atoms with Gasteiger partial charge in [-0.05, 0) is 26.2 Å². The molecule has 1 atom stereocenters. The smallest absolute Gasteiger partial charge is 0.155 e. The van der Waals surface area contributed by atoms with E-state index in [-0.39, 0.29) is 6.29 Å². The molecule has 0 aromatic carbocycles. The van der Waals surface area contributed by atoms with Crippen LogP contribution in [0.1, 0.15) is 78.1 Å². The normalized spacial score (nSPS) is 18.3. The van der Waals surface area contributed by atoms with Gasteiger partial charge in [-0.15, -0.1) is 0 Å². The van der Waals surface area contributed by atoms with Crippen LogP contribution in [0.3, 0.4) is 0 Å². The quantitative estimate of drug-likeness (QED) is 0.385. The summed E-state index contributed by atoms with van der Waals surface area (Å²) >= 11 is 0. The fourth-order valence-electron chi connectivity index (χ4n) is 2.69. The van der Waals surface area contributed by atoms with E-state index in [0.717, 1.165) is 6.61 Å². The Morgan fingerprint density at radius 1 is 0.900 bits per heavy atom. The summed E-state index contributed by atoms with van der Waals surface area (Å²) < 4.78 is 17.1. The van der Waals surface area contributed by atoms with Crippen LogP contribution in [0.15, 0.2) is 0 Å². The number of ether oxygens (including phenoxy) is 3. The van der Waals surface area contributed by atoms with E-state index in [2.05, 4.69) is 6.92 Å². The number of unbranched alkanes of at least 4 members (excludes halogenated alkanes) is 4. The van der Waals surface area contributed by atoms with Gasteiger partial charge in [-0.25, -0.2) is 0 Å². The molecule has 3 heteroatoms. The van der Waals surface area contributed by atoms with Crippen LogP contribution in [-0.2, 0) is 14.2 Å². The summed E-state index contributed by atoms with van der Waals surface area (Å²) in [6.07, 6.45) is 13.1. The molecule has 0 aromatic rings. The maximum absolute atomic E-state index is 5.89. The van der Waals surface area contributed by atoms with Gasteiger partial charge in [0.05, 0.1) is 19.3 Å². The summed E-state index contributed by atoms with van der Waals surface area (Å²) in [5.74, 6) is 0. The van der Waals surface area contributed by atoms with Gasteiger partial charge in [0.2, 0.25) is 0 Å². The lowest BCUT2D eigenvalue weighted by Crippen LogP contribution is -2.25. The van der Waals surface area contributed by atoms with Crippen molar-refractivity contribution in [2.45, 2.75) is 90.4 Å². The van der Waals surface area contributed by atoms with Gasteiger partial charge in [0.25, 0.3) is 0 Å². The van der Waals surface area contributed by atoms with Gasteiger partial charge in [-0.1, -0.05) is 51.9 Å². The molecule has 1 unspecified atom stereocenters. The van der Waals surface area contributed by atoms with Crippen LogP contribution in [0.5, 0.6) is 0 Å². The van der Waals surface area contributed by atoms with E-state index in [0.29, 0.717) is 19.3 Å². The van der Waals surface area contributed by atoms with E-state index >= 15 is 0 Å². The Hall–Kier alpha value is -0.120. The predicted molar refractivity (Wildman–Crippen MR) is 83.0 cm³/mol. The van der Waals surface area contributed by atoms with E-state index in [1.54, 1.807) is 0 Å². The Morgan fingerprint density at radius 2 is 1.65 bits per heavy atom. The molecule has 0 aromatic heterocycles. The molecule has 1 rings (SSSR count). The maximum atomic E-state index is 5.89. The third-order valence-electron chi connectivity index (χ3n) is 3.91. The van der Waals surface area contributed by atoms with Crippen molar-refractivity contribution < 1.29 is 14.2 Å². The topological polar surface area (TPSA) is 27.7 Å². The minimum atomic E-state index is -0.0914. The maximum Gasteiger partial charge on any atom is 0.155 e. The van der Waals surface area contributed by atoms with Crippen LogP contribution in [0.25, 0.3) is 0 Å². The summed E-state index contributed by atoms with van der Waals surface area (Å²) in [6, 6.07) is 0. The van der Waals surface area contributed by atoms with Gasteiger partial charge in [0.1, 0.15) is 0 Å². The molecule has 0 N–H and O–H groups in total. The molecule has 0 spiro atoms. The third-order valence-corrected chi connectivity index (χ3v) is 3.91. The zero-order chi connectivity index (χ0) is 14.5. The molecule has 120 valence electrons. The molecule has 1 aliphatic carbocycles. The molecule has 0 aliphatic heterocycles. The zero-order valence-electron chi connectivity index (χ0n) is 13.6. The second kappa shape index (κ2) is 12.6. The Bertz CT molecular complexity index is 202. The van der Waals surface area contributed by atoms with Gasteiger partial charge in [0, 0.05) is 6.61 Å². The molecule has 0 radical (unpaired) electrons. The van der Waals surface area contributed by atoms with E-state index in [9.17, 15) is 0 Å². The first kappa shape index (κ1) is 17.9. The van der Waals surface area contributed by atoms with Crippen molar-refractivity contribution in [1.82, 2.24) is 0 Å². The summed E-state index contributed by atoms with van der Waals surface area (Å²) in [4.78, 5) is 0. The van der Waals surface area contributed by atoms with E-state index in [1.165, 1.54) is 64.2 Å². The van der Waals surface area contributed by atoms with Gasteiger partial charge in [-0.3, -0.25) is 0 Å². The second-order valence-corrected chi connectivity index (χ2v) is 5.86. The molecular weight excluding hydrogens is 252 g/mol. The number of hydrogen-bond acceptors (Lipinski definition) is 3. The average Bonchev–Trinajstić information content (AvgIpc) is 2.46. The molecule has 0 amide bonds. The molecular formula is C17H34O3. The first-order valence-corrected chi connectivity index (χ1v) is 8.67. The molecule has 0 heterocycles. The highest BCUT2D eigenvalue weighted by molar-refractivity contribution is 4.65. The van der Waals surface area contributed by atoms with E-state index in [4.69, 9.17) is 14.2 Å². The highest BCUT2D eigenvalue weighted by Gasteiger charge is 2.16.